The number of nitrogens with zero attached hydrogens (tertiary/aromatic N) is 1. The zero-order chi connectivity index (χ0) is 9.45. The van der Waals surface area contributed by atoms with Crippen LogP contribution in [0.15, 0.2) is 24.8 Å². The highest BCUT2D eigenvalue weighted by atomic mass is 32.3. The van der Waals surface area contributed by atoms with Crippen LogP contribution in [0.3, 0.4) is 0 Å². The van der Waals surface area contributed by atoms with Gasteiger partial charge in [0.05, 0.1) is 13.3 Å². The fourth-order valence-electron chi connectivity index (χ4n) is 0.277. The monoisotopic (exact) mass is 192 g/mol. The van der Waals surface area contributed by atoms with Gasteiger partial charge in [0.15, 0.2) is 0 Å². The molecule has 0 saturated carbocycles. The summed E-state index contributed by atoms with van der Waals surface area (Å²) in [5.74, 6) is 0. The van der Waals surface area contributed by atoms with Gasteiger partial charge in [0.1, 0.15) is 6.20 Å². The highest BCUT2D eigenvalue weighted by Gasteiger charge is 1.79. The predicted octanol–water partition coefficient (Wildman–Crippen LogP) is -1.01. The van der Waals surface area contributed by atoms with E-state index in [1.165, 1.54) is 0 Å². The SMILES string of the molecule is COS(=O)(=O)[O-].c1cnc[nH+]c1. The molecule has 0 spiro atoms. The van der Waals surface area contributed by atoms with E-state index in [9.17, 15) is 13.0 Å². The normalized spacial score (nSPS) is 9.83. The van der Waals surface area contributed by atoms with Gasteiger partial charge in [-0.2, -0.15) is 0 Å². The zero-order valence-electron chi connectivity index (χ0n) is 6.30. The molecular weight excluding hydrogens is 184 g/mol. The average molecular weight is 192 g/mol. The average Bonchev–Trinajstić information content (AvgIpc) is 2.07. The van der Waals surface area contributed by atoms with Crippen LogP contribution in [0.4, 0.5) is 0 Å². The minimum Gasteiger partial charge on any atom is -0.726 e. The highest BCUT2D eigenvalue weighted by Crippen LogP contribution is 1.74. The van der Waals surface area contributed by atoms with Crippen molar-refractivity contribution in [2.45, 2.75) is 0 Å². The summed E-state index contributed by atoms with van der Waals surface area (Å²) >= 11 is 0. The van der Waals surface area contributed by atoms with Gasteiger partial charge in [-0.15, -0.1) is 0 Å². The Hall–Kier alpha value is -1.05. The minimum atomic E-state index is -4.41. The van der Waals surface area contributed by atoms with Crippen molar-refractivity contribution in [3.8, 4) is 0 Å². The highest BCUT2D eigenvalue weighted by molar-refractivity contribution is 7.80. The number of hydrogen-bond donors (Lipinski definition) is 0. The Morgan fingerprint density at radius 3 is 2.25 bits per heavy atom. The molecule has 0 amide bonds. The Morgan fingerprint density at radius 1 is 1.58 bits per heavy atom. The molecule has 0 aromatic carbocycles. The van der Waals surface area contributed by atoms with Crippen molar-refractivity contribution in [3.63, 3.8) is 0 Å². The Labute approximate surface area is 70.2 Å². The van der Waals surface area contributed by atoms with Crippen LogP contribution in [0.2, 0.25) is 0 Å². The van der Waals surface area contributed by atoms with Crippen molar-refractivity contribution in [3.05, 3.63) is 24.8 Å². The zero-order valence-corrected chi connectivity index (χ0v) is 7.11. The largest absolute Gasteiger partial charge is 0.726 e. The number of rotatable bonds is 1. The van der Waals surface area contributed by atoms with Crippen LogP contribution in [0, 0.1) is 0 Å². The van der Waals surface area contributed by atoms with Gasteiger partial charge in [-0.05, 0) is 0 Å². The molecule has 0 radical (unpaired) electrons. The summed E-state index contributed by atoms with van der Waals surface area (Å²) in [5.41, 5.74) is 0. The summed E-state index contributed by atoms with van der Waals surface area (Å²) < 4.78 is 31.0. The van der Waals surface area contributed by atoms with Gasteiger partial charge in [0.2, 0.25) is 10.4 Å². The molecule has 1 heterocycles. The van der Waals surface area contributed by atoms with Crippen molar-refractivity contribution in [1.29, 1.82) is 0 Å². The van der Waals surface area contributed by atoms with E-state index < -0.39 is 10.4 Å². The fourth-order valence-corrected chi connectivity index (χ4v) is 0.277. The fraction of sp³-hybridized carbons (Fsp3) is 0.200. The van der Waals surface area contributed by atoms with E-state index in [1.54, 1.807) is 12.5 Å². The molecule has 1 aromatic heterocycles. The van der Waals surface area contributed by atoms with Crippen LogP contribution in [-0.4, -0.2) is 25.1 Å². The van der Waals surface area contributed by atoms with E-state index in [-0.39, 0.29) is 0 Å². The molecule has 6 nitrogen and oxygen atoms in total. The summed E-state index contributed by atoms with van der Waals surface area (Å²) in [6.45, 7) is 0. The van der Waals surface area contributed by atoms with E-state index in [0.717, 1.165) is 7.11 Å². The number of nitrogens with one attached hydrogen (secondary N) is 1. The minimum absolute atomic E-state index is 0.808. The first-order valence-electron chi connectivity index (χ1n) is 2.84. The van der Waals surface area contributed by atoms with Crippen molar-refractivity contribution in [1.82, 2.24) is 4.98 Å². The first kappa shape index (κ1) is 11.0. The topological polar surface area (TPSA) is 93.5 Å². The van der Waals surface area contributed by atoms with Crippen LogP contribution in [0.5, 0.6) is 0 Å². The summed E-state index contributed by atoms with van der Waals surface area (Å²) in [4.78, 5) is 6.51. The summed E-state index contributed by atoms with van der Waals surface area (Å²) in [5, 5.41) is 0. The number of H-pyrrole nitrogens is 1. The summed E-state index contributed by atoms with van der Waals surface area (Å²) in [7, 11) is -3.60. The Balaban J connectivity index is 0.000000202. The molecule has 0 bridgehead atoms. The van der Waals surface area contributed by atoms with E-state index in [4.69, 9.17) is 0 Å². The van der Waals surface area contributed by atoms with Crippen LogP contribution in [-0.2, 0) is 14.6 Å². The van der Waals surface area contributed by atoms with Gasteiger partial charge in [-0.3, -0.25) is 9.17 Å². The second kappa shape index (κ2) is 5.58. The maximum atomic E-state index is 9.22. The Morgan fingerprint density at radius 2 is 2.17 bits per heavy atom. The van der Waals surface area contributed by atoms with Gasteiger partial charge in [-0.25, -0.2) is 8.42 Å². The van der Waals surface area contributed by atoms with Gasteiger partial charge in [-0.1, -0.05) is 4.98 Å². The summed E-state index contributed by atoms with van der Waals surface area (Å²) in [6.07, 6.45) is 5.16. The first-order valence-corrected chi connectivity index (χ1v) is 4.17. The molecule has 1 aromatic rings. The molecule has 1 N–H and O–H groups in total. The van der Waals surface area contributed by atoms with Crippen LogP contribution in [0.25, 0.3) is 0 Å². The Bertz CT molecular complexity index is 259. The molecule has 7 heteroatoms. The van der Waals surface area contributed by atoms with E-state index in [1.807, 2.05) is 12.3 Å². The van der Waals surface area contributed by atoms with Crippen LogP contribution >= 0.6 is 0 Å². The van der Waals surface area contributed by atoms with Gasteiger partial charge >= 0.3 is 0 Å². The molecule has 68 valence electrons. The second-order valence-electron chi connectivity index (χ2n) is 1.53. The number of aromatic nitrogens is 2. The molecule has 0 aliphatic rings. The predicted molar refractivity (Wildman–Crippen MR) is 37.5 cm³/mol. The molecule has 0 aliphatic heterocycles. The second-order valence-corrected chi connectivity index (χ2v) is 2.68. The number of aromatic amines is 1. The molecule has 1 rings (SSSR count). The molecule has 0 aliphatic carbocycles. The summed E-state index contributed by atoms with van der Waals surface area (Å²) in [6, 6.07) is 1.83. The maximum Gasteiger partial charge on any atom is 0.283 e. The van der Waals surface area contributed by atoms with Gasteiger partial charge in [0.25, 0.3) is 6.33 Å². The molecule has 0 unspecified atom stereocenters. The lowest BCUT2D eigenvalue weighted by molar-refractivity contribution is -0.382. The molecular formula is C5H8N2O4S. The van der Waals surface area contributed by atoms with Crippen molar-refractivity contribution in [2.24, 2.45) is 0 Å². The lowest BCUT2D eigenvalue weighted by Gasteiger charge is -1.98. The van der Waals surface area contributed by atoms with Crippen LogP contribution < -0.4 is 4.98 Å². The van der Waals surface area contributed by atoms with Gasteiger partial charge in [0, 0.05) is 6.07 Å². The third-order valence-electron chi connectivity index (χ3n) is 0.718. The third-order valence-corrected chi connectivity index (χ3v) is 1.13. The maximum absolute atomic E-state index is 9.22. The van der Waals surface area contributed by atoms with E-state index in [0.29, 0.717) is 0 Å². The van der Waals surface area contributed by atoms with E-state index in [2.05, 4.69) is 14.2 Å². The van der Waals surface area contributed by atoms with Gasteiger partial charge < -0.3 is 4.55 Å². The van der Waals surface area contributed by atoms with Crippen LogP contribution in [0.1, 0.15) is 0 Å². The van der Waals surface area contributed by atoms with Crippen molar-refractivity contribution >= 4 is 10.4 Å². The standard InChI is InChI=1S/C4H4N2.CH4O4S/c1-2-5-4-6-3-1;1-5-6(2,3)4/h1-4H;1H3,(H,2,3,4). The van der Waals surface area contributed by atoms with Crippen molar-refractivity contribution < 1.29 is 22.1 Å². The van der Waals surface area contributed by atoms with Crippen molar-refractivity contribution in [2.75, 3.05) is 7.11 Å². The lowest BCUT2D eigenvalue weighted by atomic mass is 10.7. The molecule has 0 atom stereocenters. The Kier molecular flexibility index (Phi) is 5.09. The lowest BCUT2D eigenvalue weighted by Crippen LogP contribution is -1.97. The number of hydrogen-bond acceptors (Lipinski definition) is 5. The smallest absolute Gasteiger partial charge is 0.283 e. The third kappa shape index (κ3) is 8.95. The quantitative estimate of drug-likeness (QED) is 0.419. The molecule has 12 heavy (non-hydrogen) atoms. The first-order chi connectivity index (χ1) is 5.56. The van der Waals surface area contributed by atoms with E-state index >= 15 is 0 Å². The molecule has 0 fully saturated rings. The molecule has 0 saturated heterocycles.